The smallest absolute Gasteiger partial charge is 0.401 e. The number of carboxylic acid groups (broad SMARTS) is 1. The predicted octanol–water partition coefficient (Wildman–Crippen LogP) is 3.30. The van der Waals surface area contributed by atoms with Gasteiger partial charge in [0.05, 0.1) is 6.54 Å². The molecule has 1 aromatic carbocycles. The molecular weight excluding hydrogens is 283 g/mol. The minimum Gasteiger partial charge on any atom is -0.481 e. The van der Waals surface area contributed by atoms with Crippen molar-refractivity contribution >= 4 is 5.97 Å². The number of carboxylic acids is 1. The lowest BCUT2D eigenvalue weighted by Gasteiger charge is -2.33. The monoisotopic (exact) mass is 303 g/mol. The van der Waals surface area contributed by atoms with Crippen molar-refractivity contribution in [1.29, 1.82) is 0 Å². The molecule has 0 aliphatic carbocycles. The van der Waals surface area contributed by atoms with E-state index in [1.54, 1.807) is 37.3 Å². The molecule has 1 atom stereocenters. The Morgan fingerprint density at radius 1 is 1.19 bits per heavy atom. The molecule has 1 rings (SSSR count). The average Bonchev–Trinajstić information content (AvgIpc) is 2.37. The summed E-state index contributed by atoms with van der Waals surface area (Å²) >= 11 is 0. The molecule has 0 heterocycles. The molecule has 118 valence electrons. The van der Waals surface area contributed by atoms with Crippen LogP contribution in [0.2, 0.25) is 0 Å². The van der Waals surface area contributed by atoms with Crippen LogP contribution < -0.4 is 0 Å². The summed E-state index contributed by atoms with van der Waals surface area (Å²) in [5, 5.41) is 9.49. The third kappa shape index (κ3) is 5.04. The van der Waals surface area contributed by atoms with E-state index in [1.165, 1.54) is 6.92 Å². The second-order valence-corrected chi connectivity index (χ2v) is 5.33. The van der Waals surface area contributed by atoms with Gasteiger partial charge in [0.2, 0.25) is 0 Å². The van der Waals surface area contributed by atoms with Crippen LogP contribution in [0, 0.1) is 0 Å². The van der Waals surface area contributed by atoms with Gasteiger partial charge in [-0.25, -0.2) is 0 Å². The van der Waals surface area contributed by atoms with Gasteiger partial charge in [0.25, 0.3) is 0 Å². The van der Waals surface area contributed by atoms with Gasteiger partial charge in [-0.15, -0.1) is 0 Å². The zero-order valence-corrected chi connectivity index (χ0v) is 12.2. The van der Waals surface area contributed by atoms with Crippen molar-refractivity contribution in [3.8, 4) is 0 Å². The molecule has 1 N–H and O–H groups in total. The van der Waals surface area contributed by atoms with E-state index in [9.17, 15) is 23.1 Å². The van der Waals surface area contributed by atoms with Crippen LogP contribution in [0.25, 0.3) is 0 Å². The Morgan fingerprint density at radius 3 is 2.19 bits per heavy atom. The van der Waals surface area contributed by atoms with Crippen LogP contribution in [0.15, 0.2) is 30.3 Å². The average molecular weight is 303 g/mol. The highest BCUT2D eigenvalue weighted by atomic mass is 19.4. The van der Waals surface area contributed by atoms with E-state index < -0.39 is 24.1 Å². The Morgan fingerprint density at radius 2 is 1.76 bits per heavy atom. The molecule has 0 saturated heterocycles. The van der Waals surface area contributed by atoms with E-state index in [1.807, 2.05) is 0 Å². The highest BCUT2D eigenvalue weighted by Crippen LogP contribution is 2.27. The molecule has 21 heavy (non-hydrogen) atoms. The highest BCUT2D eigenvalue weighted by Gasteiger charge is 2.39. The second kappa shape index (κ2) is 6.93. The van der Waals surface area contributed by atoms with Crippen LogP contribution in [0.5, 0.6) is 0 Å². The Bertz CT molecular complexity index is 462. The van der Waals surface area contributed by atoms with Gasteiger partial charge in [0.15, 0.2) is 0 Å². The minimum atomic E-state index is -4.34. The molecule has 0 amide bonds. The molecule has 6 heteroatoms. The Balaban J connectivity index is 3.02. The standard InChI is InChI=1S/C15H20F3NO2/c1-3-9-19(11-15(16,17)18)10-14(2,13(20)21)12-7-5-4-6-8-12/h4-8H,3,9-11H2,1-2H3,(H,20,21). The number of carbonyl (C=O) groups is 1. The molecular formula is C15H20F3NO2. The van der Waals surface area contributed by atoms with Crippen LogP contribution in [0.4, 0.5) is 13.2 Å². The quantitative estimate of drug-likeness (QED) is 0.840. The fraction of sp³-hybridized carbons (Fsp3) is 0.533. The van der Waals surface area contributed by atoms with Gasteiger partial charge in [-0.3, -0.25) is 9.69 Å². The van der Waals surface area contributed by atoms with E-state index >= 15 is 0 Å². The van der Waals surface area contributed by atoms with Gasteiger partial charge < -0.3 is 5.11 Å². The topological polar surface area (TPSA) is 40.5 Å². The fourth-order valence-electron chi connectivity index (χ4n) is 2.32. The van der Waals surface area contributed by atoms with E-state index in [2.05, 4.69) is 0 Å². The van der Waals surface area contributed by atoms with Crippen molar-refractivity contribution < 1.29 is 23.1 Å². The molecule has 0 aliphatic rings. The Labute approximate surface area is 122 Å². The van der Waals surface area contributed by atoms with Gasteiger partial charge in [0.1, 0.15) is 5.41 Å². The maximum atomic E-state index is 12.6. The van der Waals surface area contributed by atoms with Crippen molar-refractivity contribution in [2.24, 2.45) is 0 Å². The largest absolute Gasteiger partial charge is 0.481 e. The molecule has 0 radical (unpaired) electrons. The third-order valence-electron chi connectivity index (χ3n) is 3.37. The molecule has 3 nitrogen and oxygen atoms in total. The summed E-state index contributed by atoms with van der Waals surface area (Å²) in [5.41, 5.74) is -0.873. The summed E-state index contributed by atoms with van der Waals surface area (Å²) < 4.78 is 37.9. The normalized spacial score (nSPS) is 15.0. The minimum absolute atomic E-state index is 0.181. The lowest BCUT2D eigenvalue weighted by atomic mass is 9.82. The Kier molecular flexibility index (Phi) is 5.78. The summed E-state index contributed by atoms with van der Waals surface area (Å²) in [5.74, 6) is -1.13. The molecule has 0 bridgehead atoms. The molecule has 0 aromatic heterocycles. The number of halogens is 3. The van der Waals surface area contributed by atoms with Crippen LogP contribution in [0.1, 0.15) is 25.8 Å². The predicted molar refractivity (Wildman–Crippen MR) is 74.2 cm³/mol. The van der Waals surface area contributed by atoms with Crippen LogP contribution >= 0.6 is 0 Å². The van der Waals surface area contributed by atoms with Crippen molar-refractivity contribution in [1.82, 2.24) is 4.90 Å². The Hall–Kier alpha value is -1.56. The van der Waals surface area contributed by atoms with E-state index in [0.717, 1.165) is 4.90 Å². The van der Waals surface area contributed by atoms with Crippen molar-refractivity contribution in [2.45, 2.75) is 31.9 Å². The second-order valence-electron chi connectivity index (χ2n) is 5.33. The maximum Gasteiger partial charge on any atom is 0.401 e. The maximum absolute atomic E-state index is 12.6. The molecule has 0 saturated carbocycles. The van der Waals surface area contributed by atoms with Gasteiger partial charge in [-0.1, -0.05) is 37.3 Å². The van der Waals surface area contributed by atoms with Crippen LogP contribution in [-0.4, -0.2) is 41.8 Å². The first kappa shape index (κ1) is 17.5. The summed E-state index contributed by atoms with van der Waals surface area (Å²) in [6.45, 7) is 2.15. The first-order chi connectivity index (χ1) is 9.69. The molecule has 0 spiro atoms. The summed E-state index contributed by atoms with van der Waals surface area (Å²) in [4.78, 5) is 12.8. The van der Waals surface area contributed by atoms with E-state index in [-0.39, 0.29) is 13.1 Å². The van der Waals surface area contributed by atoms with Crippen LogP contribution in [-0.2, 0) is 10.2 Å². The van der Waals surface area contributed by atoms with Crippen molar-refractivity contribution in [2.75, 3.05) is 19.6 Å². The fourth-order valence-corrected chi connectivity index (χ4v) is 2.32. The lowest BCUT2D eigenvalue weighted by Crippen LogP contribution is -2.47. The first-order valence-corrected chi connectivity index (χ1v) is 6.77. The molecule has 0 fully saturated rings. The first-order valence-electron chi connectivity index (χ1n) is 6.77. The lowest BCUT2D eigenvalue weighted by molar-refractivity contribution is -0.155. The van der Waals surface area contributed by atoms with Gasteiger partial charge in [0, 0.05) is 6.54 Å². The number of aliphatic carboxylic acids is 1. The zero-order valence-electron chi connectivity index (χ0n) is 12.2. The van der Waals surface area contributed by atoms with Gasteiger partial charge >= 0.3 is 12.1 Å². The molecule has 1 aromatic rings. The number of hydrogen-bond donors (Lipinski definition) is 1. The highest BCUT2D eigenvalue weighted by molar-refractivity contribution is 5.81. The number of nitrogens with zero attached hydrogens (tertiary/aromatic N) is 1. The van der Waals surface area contributed by atoms with Crippen LogP contribution in [0.3, 0.4) is 0 Å². The summed E-state index contributed by atoms with van der Waals surface area (Å²) in [7, 11) is 0. The number of rotatable bonds is 7. The van der Waals surface area contributed by atoms with Crippen molar-refractivity contribution in [3.05, 3.63) is 35.9 Å². The van der Waals surface area contributed by atoms with Gasteiger partial charge in [-0.05, 0) is 25.5 Å². The number of hydrogen-bond acceptors (Lipinski definition) is 2. The summed E-state index contributed by atoms with van der Waals surface area (Å²) in [6.07, 6.45) is -3.81. The molecule has 1 unspecified atom stereocenters. The number of benzene rings is 1. The zero-order chi connectivity index (χ0) is 16.1. The molecule has 0 aliphatic heterocycles. The van der Waals surface area contributed by atoms with E-state index in [4.69, 9.17) is 0 Å². The SMILES string of the molecule is CCCN(CC(F)(F)F)CC(C)(C(=O)O)c1ccccc1. The van der Waals surface area contributed by atoms with E-state index in [0.29, 0.717) is 12.0 Å². The summed E-state index contributed by atoms with van der Waals surface area (Å²) in [6, 6.07) is 8.37. The third-order valence-corrected chi connectivity index (χ3v) is 3.37. The number of alkyl halides is 3. The van der Waals surface area contributed by atoms with Gasteiger partial charge in [-0.2, -0.15) is 13.2 Å². The van der Waals surface area contributed by atoms with Crippen molar-refractivity contribution in [3.63, 3.8) is 0 Å².